The number of nitrogens with zero attached hydrogens (tertiary/aromatic N) is 3. The molecule has 0 radical (unpaired) electrons. The van der Waals surface area contributed by atoms with E-state index < -0.39 is 0 Å². The van der Waals surface area contributed by atoms with Crippen LogP contribution in [-0.4, -0.2) is 23.1 Å². The molecule has 0 bridgehead atoms. The van der Waals surface area contributed by atoms with Crippen molar-refractivity contribution in [2.45, 2.75) is 33.7 Å². The summed E-state index contributed by atoms with van der Waals surface area (Å²) in [5.74, 6) is 0.754. The van der Waals surface area contributed by atoms with Gasteiger partial charge < -0.3 is 4.90 Å². The van der Waals surface area contributed by atoms with Crippen LogP contribution < -0.4 is 4.90 Å². The van der Waals surface area contributed by atoms with Crippen LogP contribution in [0, 0.1) is 13.8 Å². The summed E-state index contributed by atoms with van der Waals surface area (Å²) in [6.07, 6.45) is 0. The standard InChI is InChI=1S/C10H16ClN3/c1-6(2)14(5)10-9(11)12-7(3)8(4)13-10/h6H,1-5H3. The van der Waals surface area contributed by atoms with Crippen LogP contribution in [0.3, 0.4) is 0 Å². The fourth-order valence-electron chi connectivity index (χ4n) is 1.03. The highest BCUT2D eigenvalue weighted by Crippen LogP contribution is 2.22. The quantitative estimate of drug-likeness (QED) is 0.756. The lowest BCUT2D eigenvalue weighted by Gasteiger charge is -2.23. The SMILES string of the molecule is Cc1nc(Cl)c(N(C)C(C)C)nc1C. The molecule has 0 fully saturated rings. The van der Waals surface area contributed by atoms with E-state index >= 15 is 0 Å². The second kappa shape index (κ2) is 4.13. The lowest BCUT2D eigenvalue weighted by Crippen LogP contribution is -2.27. The Balaban J connectivity index is 3.15. The molecule has 14 heavy (non-hydrogen) atoms. The minimum atomic E-state index is 0.365. The molecule has 0 aliphatic heterocycles. The number of halogens is 1. The summed E-state index contributed by atoms with van der Waals surface area (Å²) in [5.41, 5.74) is 1.81. The average Bonchev–Trinajstić information content (AvgIpc) is 2.10. The van der Waals surface area contributed by atoms with Gasteiger partial charge in [0, 0.05) is 13.1 Å². The van der Waals surface area contributed by atoms with E-state index in [4.69, 9.17) is 11.6 Å². The van der Waals surface area contributed by atoms with Crippen molar-refractivity contribution < 1.29 is 0 Å². The zero-order chi connectivity index (χ0) is 10.9. The summed E-state index contributed by atoms with van der Waals surface area (Å²) in [6.45, 7) is 8.03. The highest BCUT2D eigenvalue weighted by Gasteiger charge is 2.13. The average molecular weight is 214 g/mol. The predicted octanol–water partition coefficient (Wildman–Crippen LogP) is 2.59. The first kappa shape index (κ1) is 11.2. The van der Waals surface area contributed by atoms with Gasteiger partial charge in [-0.15, -0.1) is 0 Å². The zero-order valence-electron chi connectivity index (χ0n) is 9.30. The Morgan fingerprint density at radius 1 is 1.14 bits per heavy atom. The van der Waals surface area contributed by atoms with Crippen molar-refractivity contribution in [3.8, 4) is 0 Å². The molecule has 1 aromatic heterocycles. The molecule has 0 spiro atoms. The van der Waals surface area contributed by atoms with Crippen LogP contribution in [0.25, 0.3) is 0 Å². The van der Waals surface area contributed by atoms with Crippen LogP contribution in [0.4, 0.5) is 5.82 Å². The van der Waals surface area contributed by atoms with Crippen molar-refractivity contribution in [3.05, 3.63) is 16.5 Å². The first-order valence-electron chi connectivity index (χ1n) is 4.67. The van der Waals surface area contributed by atoms with E-state index in [1.165, 1.54) is 0 Å². The molecular formula is C10H16ClN3. The Morgan fingerprint density at radius 2 is 1.64 bits per heavy atom. The van der Waals surface area contributed by atoms with Crippen molar-refractivity contribution >= 4 is 17.4 Å². The third-order valence-corrected chi connectivity index (χ3v) is 2.61. The minimum absolute atomic E-state index is 0.365. The van der Waals surface area contributed by atoms with Crippen LogP contribution in [0.2, 0.25) is 5.15 Å². The van der Waals surface area contributed by atoms with Gasteiger partial charge in [0.25, 0.3) is 0 Å². The first-order valence-corrected chi connectivity index (χ1v) is 5.05. The number of hydrogen-bond donors (Lipinski definition) is 0. The summed E-state index contributed by atoms with van der Waals surface area (Å²) in [7, 11) is 1.97. The van der Waals surface area contributed by atoms with Crippen molar-refractivity contribution in [1.82, 2.24) is 9.97 Å². The normalized spacial score (nSPS) is 10.8. The number of aromatic nitrogens is 2. The molecule has 0 aliphatic carbocycles. The monoisotopic (exact) mass is 213 g/mol. The molecule has 1 aromatic rings. The molecule has 0 atom stereocenters. The maximum Gasteiger partial charge on any atom is 0.171 e. The fraction of sp³-hybridized carbons (Fsp3) is 0.600. The van der Waals surface area contributed by atoms with Crippen LogP contribution in [0.5, 0.6) is 0 Å². The van der Waals surface area contributed by atoms with Gasteiger partial charge in [0.05, 0.1) is 11.4 Å². The van der Waals surface area contributed by atoms with Gasteiger partial charge in [0.1, 0.15) is 0 Å². The second-order valence-corrected chi connectivity index (χ2v) is 4.07. The lowest BCUT2D eigenvalue weighted by molar-refractivity contribution is 0.737. The fourth-order valence-corrected chi connectivity index (χ4v) is 1.34. The Morgan fingerprint density at radius 3 is 2.14 bits per heavy atom. The topological polar surface area (TPSA) is 29.0 Å². The molecule has 1 rings (SSSR count). The molecule has 0 saturated carbocycles. The largest absolute Gasteiger partial charge is 0.355 e. The third-order valence-electron chi connectivity index (χ3n) is 2.36. The maximum atomic E-state index is 6.03. The second-order valence-electron chi connectivity index (χ2n) is 3.71. The molecule has 0 saturated heterocycles. The molecule has 0 amide bonds. The summed E-state index contributed by atoms with van der Waals surface area (Å²) in [5, 5.41) is 0.476. The van der Waals surface area contributed by atoms with Gasteiger partial charge in [0.2, 0.25) is 0 Å². The molecule has 0 N–H and O–H groups in total. The first-order chi connectivity index (χ1) is 6.43. The van der Waals surface area contributed by atoms with E-state index in [-0.39, 0.29) is 0 Å². The van der Waals surface area contributed by atoms with Gasteiger partial charge in [-0.1, -0.05) is 11.6 Å². The van der Waals surface area contributed by atoms with Gasteiger partial charge in [-0.25, -0.2) is 9.97 Å². The van der Waals surface area contributed by atoms with Gasteiger partial charge in [-0.2, -0.15) is 0 Å². The van der Waals surface area contributed by atoms with E-state index in [2.05, 4.69) is 23.8 Å². The van der Waals surface area contributed by atoms with Gasteiger partial charge in [-0.3, -0.25) is 0 Å². The van der Waals surface area contributed by atoms with E-state index in [9.17, 15) is 0 Å². The van der Waals surface area contributed by atoms with E-state index in [0.717, 1.165) is 17.2 Å². The minimum Gasteiger partial charge on any atom is -0.355 e. The molecule has 78 valence electrons. The van der Waals surface area contributed by atoms with Crippen molar-refractivity contribution in [3.63, 3.8) is 0 Å². The van der Waals surface area contributed by atoms with Crippen LogP contribution >= 0.6 is 11.6 Å². The van der Waals surface area contributed by atoms with Gasteiger partial charge in [-0.05, 0) is 27.7 Å². The van der Waals surface area contributed by atoms with Crippen molar-refractivity contribution in [2.24, 2.45) is 0 Å². The van der Waals surface area contributed by atoms with Crippen LogP contribution in [-0.2, 0) is 0 Å². The molecule has 0 aromatic carbocycles. The lowest BCUT2D eigenvalue weighted by atomic mass is 10.3. The van der Waals surface area contributed by atoms with Crippen molar-refractivity contribution in [1.29, 1.82) is 0 Å². The Labute approximate surface area is 90.1 Å². The summed E-state index contributed by atoms with van der Waals surface area (Å²) >= 11 is 6.03. The van der Waals surface area contributed by atoms with E-state index in [1.54, 1.807) is 0 Å². The summed E-state index contributed by atoms with van der Waals surface area (Å²) in [4.78, 5) is 10.7. The molecule has 4 heteroatoms. The van der Waals surface area contributed by atoms with Gasteiger partial charge in [0.15, 0.2) is 11.0 Å². The molecule has 0 unspecified atom stereocenters. The number of anilines is 1. The smallest absolute Gasteiger partial charge is 0.171 e. The highest BCUT2D eigenvalue weighted by atomic mass is 35.5. The number of hydrogen-bond acceptors (Lipinski definition) is 3. The van der Waals surface area contributed by atoms with Gasteiger partial charge >= 0.3 is 0 Å². The molecule has 3 nitrogen and oxygen atoms in total. The third kappa shape index (κ3) is 2.15. The summed E-state index contributed by atoms with van der Waals surface area (Å²) < 4.78 is 0. The Bertz CT molecular complexity index is 336. The van der Waals surface area contributed by atoms with Crippen molar-refractivity contribution in [2.75, 3.05) is 11.9 Å². The zero-order valence-corrected chi connectivity index (χ0v) is 10.1. The Kier molecular flexibility index (Phi) is 3.32. The van der Waals surface area contributed by atoms with E-state index in [0.29, 0.717) is 11.2 Å². The van der Waals surface area contributed by atoms with Crippen LogP contribution in [0.15, 0.2) is 0 Å². The molecular weight excluding hydrogens is 198 g/mol. The van der Waals surface area contributed by atoms with Crippen LogP contribution in [0.1, 0.15) is 25.2 Å². The summed E-state index contributed by atoms with van der Waals surface area (Å²) in [6, 6.07) is 0.365. The number of aryl methyl sites for hydroxylation is 2. The Hall–Kier alpha value is -0.830. The molecule has 0 aliphatic rings. The maximum absolute atomic E-state index is 6.03. The number of rotatable bonds is 2. The highest BCUT2D eigenvalue weighted by molar-refractivity contribution is 6.31. The predicted molar refractivity (Wildman–Crippen MR) is 60.1 cm³/mol. The molecule has 1 heterocycles. The van der Waals surface area contributed by atoms with E-state index in [1.807, 2.05) is 25.8 Å².